The molecule has 0 spiro atoms. The lowest BCUT2D eigenvalue weighted by molar-refractivity contribution is 0.773. The Morgan fingerprint density at radius 1 is 1.33 bits per heavy atom. The highest BCUT2D eigenvalue weighted by Gasteiger charge is 1.87. The van der Waals surface area contributed by atoms with E-state index in [1.165, 1.54) is 12.0 Å². The van der Waals surface area contributed by atoms with Gasteiger partial charge in [0.05, 0.1) is 0 Å². The van der Waals surface area contributed by atoms with E-state index >= 15 is 0 Å². The average Bonchev–Trinajstić information content (AvgIpc) is 1.68. The molecule has 0 aliphatic heterocycles. The van der Waals surface area contributed by atoms with Crippen LogP contribution in [0.3, 0.4) is 0 Å². The van der Waals surface area contributed by atoms with Crippen LogP contribution in [0, 0.1) is 5.92 Å². The molecular weight excluding hydrogens is 108 g/mol. The third-order valence-electron chi connectivity index (χ3n) is 0.986. The molecule has 0 fully saturated rings. The van der Waals surface area contributed by atoms with Crippen LogP contribution in [-0.2, 0) is 0 Å². The first-order valence-corrected chi connectivity index (χ1v) is 3.71. The van der Waals surface area contributed by atoms with Crippen molar-refractivity contribution >= 4 is 0 Å². The van der Waals surface area contributed by atoms with E-state index in [0.717, 1.165) is 0 Å². The van der Waals surface area contributed by atoms with E-state index in [1.807, 2.05) is 6.92 Å². The Kier molecular flexibility index (Phi) is 9.91. The third-order valence-corrected chi connectivity index (χ3v) is 0.986. The van der Waals surface area contributed by atoms with Gasteiger partial charge in [0.1, 0.15) is 0 Å². The Hall–Kier alpha value is -0.260. The molecule has 9 heavy (non-hydrogen) atoms. The second-order valence-electron chi connectivity index (χ2n) is 2.71. The summed E-state index contributed by atoms with van der Waals surface area (Å²) in [6, 6.07) is 0. The molecule has 0 saturated carbocycles. The van der Waals surface area contributed by atoms with Gasteiger partial charge < -0.3 is 0 Å². The monoisotopic (exact) mass is 128 g/mol. The summed E-state index contributed by atoms with van der Waals surface area (Å²) in [5.41, 5.74) is 1.26. The largest absolute Gasteiger partial charge is 0.0999 e. The second kappa shape index (κ2) is 7.74. The highest BCUT2D eigenvalue weighted by atomic mass is 13.9. The number of allylic oxidation sites excluding steroid dienone is 1. The lowest BCUT2D eigenvalue weighted by Gasteiger charge is -1.97. The van der Waals surface area contributed by atoms with E-state index in [-0.39, 0.29) is 0 Å². The predicted octanol–water partition coefficient (Wildman–Crippen LogP) is 3.63. The van der Waals surface area contributed by atoms with E-state index in [9.17, 15) is 0 Å². The van der Waals surface area contributed by atoms with Gasteiger partial charge in [-0.15, -0.1) is 0 Å². The molecule has 0 bridgehead atoms. The van der Waals surface area contributed by atoms with Gasteiger partial charge in [0.25, 0.3) is 0 Å². The number of hydrogen-bond acceptors (Lipinski definition) is 0. The Morgan fingerprint density at radius 2 is 1.44 bits per heavy atom. The molecule has 0 aromatic heterocycles. The molecule has 0 aliphatic rings. The van der Waals surface area contributed by atoms with Gasteiger partial charge >= 0.3 is 0 Å². The SMILES string of the molecule is C=C(C)C(C)C.CCC. The fourth-order valence-electron chi connectivity index (χ4n) is 0. The zero-order valence-electron chi connectivity index (χ0n) is 7.49. The molecule has 0 aromatic rings. The summed E-state index contributed by atoms with van der Waals surface area (Å²) in [4.78, 5) is 0. The van der Waals surface area contributed by atoms with Gasteiger partial charge in [0.15, 0.2) is 0 Å². The molecule has 0 heterocycles. The first-order valence-electron chi connectivity index (χ1n) is 3.71. The minimum absolute atomic E-state index is 0.657. The van der Waals surface area contributed by atoms with Crippen molar-refractivity contribution < 1.29 is 0 Å². The predicted molar refractivity (Wildman–Crippen MR) is 45.6 cm³/mol. The molecule has 0 aliphatic carbocycles. The Bertz CT molecular complexity index is 60.4. The molecule has 0 N–H and O–H groups in total. The highest BCUT2D eigenvalue weighted by Crippen LogP contribution is 2.02. The molecule has 56 valence electrons. The quantitative estimate of drug-likeness (QED) is 0.473. The molecule has 0 atom stereocenters. The first-order chi connectivity index (χ1) is 4.06. The molecular formula is C9H20. The van der Waals surface area contributed by atoms with Gasteiger partial charge in [-0.2, -0.15) is 0 Å². The van der Waals surface area contributed by atoms with Crippen molar-refractivity contribution in [2.75, 3.05) is 0 Å². The summed E-state index contributed by atoms with van der Waals surface area (Å²) >= 11 is 0. The zero-order chi connectivity index (χ0) is 7.86. The lowest BCUT2D eigenvalue weighted by atomic mass is 10.1. The molecule has 0 heteroatoms. The van der Waals surface area contributed by atoms with Crippen LogP contribution in [0.2, 0.25) is 0 Å². The Labute approximate surface area is 60.0 Å². The van der Waals surface area contributed by atoms with Crippen LogP contribution < -0.4 is 0 Å². The zero-order valence-corrected chi connectivity index (χ0v) is 7.49. The first kappa shape index (κ1) is 11.5. The van der Waals surface area contributed by atoms with Crippen LogP contribution in [-0.4, -0.2) is 0 Å². The molecule has 0 amide bonds. The molecule has 0 rings (SSSR count). The molecule has 0 saturated heterocycles. The van der Waals surface area contributed by atoms with Crippen molar-refractivity contribution in [3.8, 4) is 0 Å². The van der Waals surface area contributed by atoms with Crippen molar-refractivity contribution in [1.82, 2.24) is 0 Å². The van der Waals surface area contributed by atoms with Gasteiger partial charge in [0.2, 0.25) is 0 Å². The fourth-order valence-corrected chi connectivity index (χ4v) is 0. The summed E-state index contributed by atoms with van der Waals surface area (Å²) in [5, 5.41) is 0. The summed E-state index contributed by atoms with van der Waals surface area (Å²) in [7, 11) is 0. The summed E-state index contributed by atoms with van der Waals surface area (Å²) in [6.07, 6.45) is 1.25. The topological polar surface area (TPSA) is 0 Å². The number of hydrogen-bond donors (Lipinski definition) is 0. The maximum Gasteiger partial charge on any atom is -0.0266 e. The van der Waals surface area contributed by atoms with Crippen LogP contribution in [0.15, 0.2) is 12.2 Å². The third kappa shape index (κ3) is 18.2. The van der Waals surface area contributed by atoms with E-state index < -0.39 is 0 Å². The van der Waals surface area contributed by atoms with Crippen molar-refractivity contribution in [3.05, 3.63) is 12.2 Å². The van der Waals surface area contributed by atoms with Crippen molar-refractivity contribution in [2.24, 2.45) is 5.92 Å². The van der Waals surface area contributed by atoms with Crippen LogP contribution in [0.5, 0.6) is 0 Å². The normalized spacial score (nSPS) is 8.22. The maximum absolute atomic E-state index is 3.75. The maximum atomic E-state index is 3.75. The van der Waals surface area contributed by atoms with E-state index in [2.05, 4.69) is 34.3 Å². The second-order valence-corrected chi connectivity index (χ2v) is 2.71. The molecule has 0 aromatic carbocycles. The van der Waals surface area contributed by atoms with Crippen molar-refractivity contribution in [2.45, 2.75) is 41.0 Å². The molecule has 0 radical (unpaired) electrons. The summed E-state index contributed by atoms with van der Waals surface area (Å²) in [6.45, 7) is 14.3. The minimum atomic E-state index is 0.657. The standard InChI is InChI=1S/C6H12.C3H8/c1-5(2)6(3)4;1-3-2/h6H,1H2,2-4H3;3H2,1-2H3. The number of rotatable bonds is 1. The van der Waals surface area contributed by atoms with Crippen LogP contribution in [0.25, 0.3) is 0 Å². The van der Waals surface area contributed by atoms with E-state index in [0.29, 0.717) is 5.92 Å². The highest BCUT2D eigenvalue weighted by molar-refractivity contribution is 4.90. The van der Waals surface area contributed by atoms with Gasteiger partial charge in [0, 0.05) is 0 Å². The smallest absolute Gasteiger partial charge is 0.0266 e. The van der Waals surface area contributed by atoms with Gasteiger partial charge in [-0.3, -0.25) is 0 Å². The summed E-state index contributed by atoms with van der Waals surface area (Å²) < 4.78 is 0. The average molecular weight is 128 g/mol. The van der Waals surface area contributed by atoms with Crippen LogP contribution in [0.4, 0.5) is 0 Å². The van der Waals surface area contributed by atoms with Crippen LogP contribution in [0.1, 0.15) is 41.0 Å². The Balaban J connectivity index is 0. The lowest BCUT2D eigenvalue weighted by Crippen LogP contribution is -1.83. The molecule has 0 nitrogen and oxygen atoms in total. The van der Waals surface area contributed by atoms with Gasteiger partial charge in [-0.05, 0) is 12.8 Å². The minimum Gasteiger partial charge on any atom is -0.0999 e. The molecule has 0 unspecified atom stereocenters. The Morgan fingerprint density at radius 3 is 1.44 bits per heavy atom. The van der Waals surface area contributed by atoms with E-state index in [4.69, 9.17) is 0 Å². The summed E-state index contributed by atoms with van der Waals surface area (Å²) in [5.74, 6) is 0.657. The van der Waals surface area contributed by atoms with Gasteiger partial charge in [-0.25, -0.2) is 0 Å². The van der Waals surface area contributed by atoms with Crippen molar-refractivity contribution in [3.63, 3.8) is 0 Å². The van der Waals surface area contributed by atoms with E-state index in [1.54, 1.807) is 0 Å². The fraction of sp³-hybridized carbons (Fsp3) is 0.778. The van der Waals surface area contributed by atoms with Crippen molar-refractivity contribution in [1.29, 1.82) is 0 Å². The van der Waals surface area contributed by atoms with Crippen LogP contribution >= 0.6 is 0 Å². The van der Waals surface area contributed by atoms with Gasteiger partial charge in [-0.1, -0.05) is 46.3 Å².